The molecule has 1 aromatic carbocycles. The van der Waals surface area contributed by atoms with E-state index in [1.165, 1.54) is 10.4 Å². The highest BCUT2D eigenvalue weighted by atomic mass is 32.1. The zero-order chi connectivity index (χ0) is 19.0. The molecule has 4 aromatic rings. The van der Waals surface area contributed by atoms with Crippen LogP contribution in [0.15, 0.2) is 42.6 Å². The van der Waals surface area contributed by atoms with Gasteiger partial charge in [-0.2, -0.15) is 5.10 Å². The van der Waals surface area contributed by atoms with Crippen molar-refractivity contribution in [3.63, 3.8) is 0 Å². The Morgan fingerprint density at radius 3 is 2.70 bits per heavy atom. The number of rotatable bonds is 5. The van der Waals surface area contributed by atoms with E-state index in [2.05, 4.69) is 59.6 Å². The minimum atomic E-state index is 0.227. The van der Waals surface area contributed by atoms with E-state index in [4.69, 9.17) is 4.98 Å². The maximum absolute atomic E-state index is 4.77. The maximum Gasteiger partial charge on any atom is 0.157 e. The number of thiazole rings is 1. The van der Waals surface area contributed by atoms with Crippen LogP contribution in [0.5, 0.6) is 0 Å². The van der Waals surface area contributed by atoms with Gasteiger partial charge in [-0.15, -0.1) is 11.3 Å². The smallest absolute Gasteiger partial charge is 0.157 e. The van der Waals surface area contributed by atoms with Crippen molar-refractivity contribution in [2.24, 2.45) is 7.05 Å². The van der Waals surface area contributed by atoms with E-state index in [1.807, 2.05) is 30.9 Å². The summed E-state index contributed by atoms with van der Waals surface area (Å²) in [6.45, 7) is 7.06. The molecule has 27 heavy (non-hydrogen) atoms. The first kappa shape index (κ1) is 17.8. The topological polar surface area (TPSA) is 55.6 Å². The van der Waals surface area contributed by atoms with Gasteiger partial charge in [0.15, 0.2) is 5.65 Å². The monoisotopic (exact) mass is 377 g/mol. The van der Waals surface area contributed by atoms with Crippen LogP contribution in [0.2, 0.25) is 0 Å². The van der Waals surface area contributed by atoms with Crippen LogP contribution in [0.1, 0.15) is 34.8 Å². The van der Waals surface area contributed by atoms with Crippen LogP contribution in [-0.2, 0) is 13.6 Å². The number of fused-ring (bicyclic) bond motifs is 1. The molecule has 0 aliphatic rings. The minimum absolute atomic E-state index is 0.227. The van der Waals surface area contributed by atoms with Crippen molar-refractivity contribution in [3.8, 4) is 10.6 Å². The number of hydrogen-bond donors (Lipinski definition) is 1. The summed E-state index contributed by atoms with van der Waals surface area (Å²) >= 11 is 1.76. The lowest BCUT2D eigenvalue weighted by molar-refractivity contribution is 0.579. The first-order valence-corrected chi connectivity index (χ1v) is 9.89. The molecule has 0 saturated heterocycles. The molecule has 0 saturated carbocycles. The second kappa shape index (κ2) is 7.21. The number of nitrogens with one attached hydrogen (secondary N) is 1. The van der Waals surface area contributed by atoms with Crippen LogP contribution in [0.3, 0.4) is 0 Å². The molecule has 4 rings (SSSR count). The first-order chi connectivity index (χ1) is 13.0. The van der Waals surface area contributed by atoms with Gasteiger partial charge in [-0.05, 0) is 32.4 Å². The van der Waals surface area contributed by atoms with Gasteiger partial charge in [0, 0.05) is 41.7 Å². The molecule has 6 heteroatoms. The summed E-state index contributed by atoms with van der Waals surface area (Å²) in [4.78, 5) is 10.6. The molecule has 0 spiro atoms. The van der Waals surface area contributed by atoms with E-state index < -0.39 is 0 Å². The molecule has 5 nitrogen and oxygen atoms in total. The lowest BCUT2D eigenvalue weighted by Crippen LogP contribution is -2.18. The molecule has 0 aliphatic heterocycles. The molecule has 0 amide bonds. The molecule has 3 heterocycles. The Bertz CT molecular complexity index is 1080. The molecule has 0 radical (unpaired) electrons. The molecule has 1 atom stereocenters. The molecular formula is C21H23N5S. The van der Waals surface area contributed by atoms with Crippen LogP contribution in [0.25, 0.3) is 21.6 Å². The number of pyridine rings is 1. The van der Waals surface area contributed by atoms with Crippen molar-refractivity contribution < 1.29 is 0 Å². The van der Waals surface area contributed by atoms with Crippen molar-refractivity contribution in [3.05, 3.63) is 64.4 Å². The standard InChI is InChI=1S/C21H23N5S/c1-13-18-10-16(12-23-20(18)26(4)25-13)11-22-14(2)19-15(3)24-21(27-19)17-8-6-5-7-9-17/h5-10,12,14,22H,11H2,1-4H3. The summed E-state index contributed by atoms with van der Waals surface area (Å²) < 4.78 is 1.83. The summed E-state index contributed by atoms with van der Waals surface area (Å²) in [5.74, 6) is 0. The van der Waals surface area contributed by atoms with Crippen molar-refractivity contribution >= 4 is 22.4 Å². The number of aryl methyl sites for hydroxylation is 3. The molecule has 0 aliphatic carbocycles. The minimum Gasteiger partial charge on any atom is -0.305 e. The molecule has 1 N–H and O–H groups in total. The average Bonchev–Trinajstić information content (AvgIpc) is 3.20. The highest BCUT2D eigenvalue weighted by molar-refractivity contribution is 7.15. The largest absolute Gasteiger partial charge is 0.305 e. The van der Waals surface area contributed by atoms with Gasteiger partial charge in [0.05, 0.1) is 11.4 Å². The van der Waals surface area contributed by atoms with Gasteiger partial charge in [-0.25, -0.2) is 9.97 Å². The molecule has 138 valence electrons. The summed E-state index contributed by atoms with van der Waals surface area (Å²) in [5.41, 5.74) is 5.37. The third kappa shape index (κ3) is 3.50. The van der Waals surface area contributed by atoms with Crippen LogP contribution in [0.4, 0.5) is 0 Å². The fourth-order valence-corrected chi connectivity index (χ4v) is 4.42. The van der Waals surface area contributed by atoms with Crippen LogP contribution in [-0.4, -0.2) is 19.7 Å². The normalized spacial score (nSPS) is 12.6. The first-order valence-electron chi connectivity index (χ1n) is 9.07. The van der Waals surface area contributed by atoms with Crippen molar-refractivity contribution in [1.82, 2.24) is 25.1 Å². The fourth-order valence-electron chi connectivity index (χ4n) is 3.33. The van der Waals surface area contributed by atoms with Gasteiger partial charge < -0.3 is 5.32 Å². The molecule has 0 fully saturated rings. The third-order valence-corrected chi connectivity index (χ3v) is 6.17. The van der Waals surface area contributed by atoms with Gasteiger partial charge in [0.25, 0.3) is 0 Å². The van der Waals surface area contributed by atoms with Crippen molar-refractivity contribution in [1.29, 1.82) is 0 Å². The lowest BCUT2D eigenvalue weighted by atomic mass is 10.2. The fraction of sp³-hybridized carbons (Fsp3) is 0.286. The molecule has 0 bridgehead atoms. The van der Waals surface area contributed by atoms with E-state index in [0.29, 0.717) is 0 Å². The van der Waals surface area contributed by atoms with Crippen LogP contribution < -0.4 is 5.32 Å². The Morgan fingerprint density at radius 2 is 1.93 bits per heavy atom. The van der Waals surface area contributed by atoms with E-state index >= 15 is 0 Å². The van der Waals surface area contributed by atoms with Crippen LogP contribution >= 0.6 is 11.3 Å². The Balaban J connectivity index is 1.50. The molecule has 3 aromatic heterocycles. The number of aromatic nitrogens is 4. The van der Waals surface area contributed by atoms with E-state index in [9.17, 15) is 0 Å². The quantitative estimate of drug-likeness (QED) is 0.554. The van der Waals surface area contributed by atoms with Gasteiger partial charge >= 0.3 is 0 Å². The maximum atomic E-state index is 4.77. The van der Waals surface area contributed by atoms with Gasteiger partial charge in [0.1, 0.15) is 5.01 Å². The van der Waals surface area contributed by atoms with Gasteiger partial charge in [-0.1, -0.05) is 30.3 Å². The highest BCUT2D eigenvalue weighted by Gasteiger charge is 2.15. The number of nitrogens with zero attached hydrogens (tertiary/aromatic N) is 4. The summed E-state index contributed by atoms with van der Waals surface area (Å²) in [6.07, 6.45) is 1.93. The Hall–Kier alpha value is -2.57. The predicted octanol–water partition coefficient (Wildman–Crippen LogP) is 4.56. The number of hydrogen-bond acceptors (Lipinski definition) is 5. The zero-order valence-electron chi connectivity index (χ0n) is 16.0. The Labute approximate surface area is 163 Å². The van der Waals surface area contributed by atoms with Gasteiger partial charge in [-0.3, -0.25) is 4.68 Å². The van der Waals surface area contributed by atoms with Gasteiger partial charge in [0.2, 0.25) is 0 Å². The zero-order valence-corrected chi connectivity index (χ0v) is 16.8. The number of benzene rings is 1. The van der Waals surface area contributed by atoms with E-state index in [-0.39, 0.29) is 6.04 Å². The lowest BCUT2D eigenvalue weighted by Gasteiger charge is -2.13. The Morgan fingerprint density at radius 1 is 1.15 bits per heavy atom. The summed E-state index contributed by atoms with van der Waals surface area (Å²) in [5, 5.41) is 10.2. The second-order valence-corrected chi connectivity index (χ2v) is 7.89. The SMILES string of the molecule is Cc1nc(-c2ccccc2)sc1C(C)NCc1cnc2c(c1)c(C)nn2C. The molecule has 1 unspecified atom stereocenters. The van der Waals surface area contributed by atoms with Crippen molar-refractivity contribution in [2.75, 3.05) is 0 Å². The second-order valence-electron chi connectivity index (χ2n) is 6.86. The van der Waals surface area contributed by atoms with Crippen molar-refractivity contribution in [2.45, 2.75) is 33.4 Å². The predicted molar refractivity (Wildman–Crippen MR) is 111 cm³/mol. The molecular weight excluding hydrogens is 354 g/mol. The Kier molecular flexibility index (Phi) is 4.76. The third-order valence-electron chi connectivity index (χ3n) is 4.78. The summed E-state index contributed by atoms with van der Waals surface area (Å²) in [7, 11) is 1.93. The average molecular weight is 378 g/mol. The van der Waals surface area contributed by atoms with E-state index in [0.717, 1.165) is 39.5 Å². The highest BCUT2D eigenvalue weighted by Crippen LogP contribution is 2.31. The van der Waals surface area contributed by atoms with Crippen LogP contribution in [0, 0.1) is 13.8 Å². The summed E-state index contributed by atoms with van der Waals surface area (Å²) in [6, 6.07) is 12.8. The van der Waals surface area contributed by atoms with E-state index in [1.54, 1.807) is 11.3 Å².